The van der Waals surface area contributed by atoms with Crippen LogP contribution < -0.4 is 72.2 Å². The Morgan fingerprint density at radius 3 is 1.94 bits per heavy atom. The van der Waals surface area contributed by atoms with Crippen molar-refractivity contribution in [3.05, 3.63) is 148 Å². The van der Waals surface area contributed by atoms with E-state index in [2.05, 4.69) is 68.9 Å². The molecule has 1 aromatic heterocycles. The van der Waals surface area contributed by atoms with Crippen LogP contribution in [0.5, 0.6) is 28.7 Å². The summed E-state index contributed by atoms with van der Waals surface area (Å²) in [6.45, 7) is 11.1. The molecule has 0 radical (unpaired) electrons. The van der Waals surface area contributed by atoms with Crippen LogP contribution in [0.3, 0.4) is 0 Å². The smallest absolute Gasteiger partial charge is 0.716 e. The van der Waals surface area contributed by atoms with Crippen molar-refractivity contribution >= 4 is 43.3 Å². The van der Waals surface area contributed by atoms with E-state index in [1.807, 2.05) is 36.4 Å². The van der Waals surface area contributed by atoms with Crippen LogP contribution in [0.15, 0.2) is 115 Å². The van der Waals surface area contributed by atoms with Crippen molar-refractivity contribution in [3.8, 4) is 40.0 Å². The van der Waals surface area contributed by atoms with Crippen molar-refractivity contribution in [1.82, 2.24) is 9.47 Å². The minimum atomic E-state index is -4.76. The van der Waals surface area contributed by atoms with Crippen LogP contribution in [0.25, 0.3) is 22.2 Å². The quantitative estimate of drug-likeness (QED) is 0.0642. The molecule has 2 heterocycles. The van der Waals surface area contributed by atoms with Gasteiger partial charge in [0.05, 0.1) is 5.69 Å². The van der Waals surface area contributed by atoms with Crippen LogP contribution in [0.2, 0.25) is 0 Å². The van der Waals surface area contributed by atoms with Crippen molar-refractivity contribution in [3.63, 3.8) is 0 Å². The van der Waals surface area contributed by atoms with Crippen molar-refractivity contribution < 1.29 is 118 Å². The first-order chi connectivity index (χ1) is 39.6. The van der Waals surface area contributed by atoms with Gasteiger partial charge in [0.2, 0.25) is 0 Å². The van der Waals surface area contributed by atoms with Gasteiger partial charge in [0.15, 0.2) is 0 Å². The molecule has 0 unspecified atom stereocenters. The van der Waals surface area contributed by atoms with Gasteiger partial charge in [-0.2, -0.15) is 0 Å². The molecule has 0 amide bonds. The van der Waals surface area contributed by atoms with Crippen molar-refractivity contribution in [2.75, 3.05) is 26.2 Å². The molecule has 5 fully saturated rings. The standard InChI is InChI=1S/C30H34N2O3.C18H22O5S.C18H20O5S.2Na/c1-22-28-20-26(34)12-15-29(28)32(30(22)24-8-10-25(33)11-9-24)21-23-6-13-27(14-7-23)35-19-18-31-16-4-2-3-5-17-31;2*1-18-9-8-14-13-5-3-12(23-24(20,21)22)10-11(13)2-4-15(14)16(18)6-7-17(18)19;;/h6-15,20,33-34H,2-5,16-19,21H2,1H3;3,5,10,14-16H,2,4,6-9H2,1H3,(H,20,21,22);3-5,10,14,16H,2,6-9H2,1H3,(H,20,21,22);;/q;;;2*+1/p-2/t;14-,15-,16+,18+;14-,16+,18+;;/m.11../s1. The number of allylic oxidation sites excluding steroid dienone is 2. The Bertz CT molecular complexity index is 3690. The van der Waals surface area contributed by atoms with Crippen LogP contribution in [-0.4, -0.2) is 83.4 Å². The first kappa shape index (κ1) is 65.0. The van der Waals surface area contributed by atoms with Gasteiger partial charge in [-0.25, -0.2) is 16.8 Å². The Morgan fingerprint density at radius 2 is 1.26 bits per heavy atom. The Morgan fingerprint density at radius 1 is 0.647 bits per heavy atom. The number of ketones is 2. The van der Waals surface area contributed by atoms with Crippen LogP contribution in [0.1, 0.15) is 143 Å². The van der Waals surface area contributed by atoms with Gasteiger partial charge in [0.25, 0.3) is 20.8 Å². The second kappa shape index (κ2) is 26.7. The number of likely N-dealkylation sites (tertiary alicyclic amines) is 1. The summed E-state index contributed by atoms with van der Waals surface area (Å²) in [4.78, 5) is 27.1. The number of phenolic OH excluding ortho intramolecular Hbond substituents is 2. The minimum Gasteiger partial charge on any atom is -0.716 e. The number of carbonyl (C=O) groups is 2. The van der Waals surface area contributed by atoms with E-state index >= 15 is 0 Å². The van der Waals surface area contributed by atoms with Gasteiger partial charge in [0, 0.05) is 53.6 Å². The summed E-state index contributed by atoms with van der Waals surface area (Å²) in [5.41, 5.74) is 11.0. The van der Waals surface area contributed by atoms with E-state index in [0.717, 1.165) is 109 Å². The number of hydrogen-bond donors (Lipinski definition) is 2. The number of aryl methyl sites for hydroxylation is 2. The van der Waals surface area contributed by atoms with Crippen molar-refractivity contribution in [2.24, 2.45) is 28.6 Å². The number of rotatable bonds is 11. The summed E-state index contributed by atoms with van der Waals surface area (Å²) in [5, 5.41) is 20.9. The first-order valence-electron chi connectivity index (χ1n) is 29.5. The number of aromatic nitrogens is 1. The molecule has 0 bridgehead atoms. The molecule has 4 saturated carbocycles. The average Bonchev–Trinajstić information content (AvgIpc) is 1.97. The van der Waals surface area contributed by atoms with E-state index in [1.165, 1.54) is 61.0 Å². The zero-order chi connectivity index (χ0) is 58.4. The van der Waals surface area contributed by atoms with Gasteiger partial charge >= 0.3 is 59.1 Å². The second-order valence-electron chi connectivity index (χ2n) is 24.5. The zero-order valence-electron chi connectivity index (χ0n) is 49.5. The van der Waals surface area contributed by atoms with Crippen molar-refractivity contribution in [2.45, 2.75) is 135 Å². The van der Waals surface area contributed by atoms with Gasteiger partial charge in [0.1, 0.15) is 46.9 Å². The maximum absolute atomic E-state index is 12.3. The second-order valence-corrected chi connectivity index (χ2v) is 26.5. The molecule has 0 spiro atoms. The predicted molar refractivity (Wildman–Crippen MR) is 314 cm³/mol. The van der Waals surface area contributed by atoms with Gasteiger partial charge < -0.3 is 37.0 Å². The van der Waals surface area contributed by atoms with Crippen LogP contribution in [0, 0.1) is 35.5 Å². The van der Waals surface area contributed by atoms with E-state index in [4.69, 9.17) is 4.74 Å². The summed E-state index contributed by atoms with van der Waals surface area (Å²) < 4.78 is 81.9. The molecule has 2 N–H and O–H groups in total. The molecule has 7 atom stereocenters. The van der Waals surface area contributed by atoms with Gasteiger partial charge in [-0.15, -0.1) is 0 Å². The zero-order valence-corrected chi connectivity index (χ0v) is 55.2. The van der Waals surface area contributed by atoms with E-state index in [-0.39, 0.29) is 98.9 Å². The third-order valence-corrected chi connectivity index (χ3v) is 20.5. The summed E-state index contributed by atoms with van der Waals surface area (Å²) in [6, 6.07) is 31.4. The van der Waals surface area contributed by atoms with Crippen LogP contribution >= 0.6 is 0 Å². The number of Topliss-reactive ketones (excluding diaryl/α,β-unsaturated/α-hetero) is 2. The molecule has 5 aromatic carbocycles. The molecule has 6 aliphatic carbocycles. The summed E-state index contributed by atoms with van der Waals surface area (Å²) >= 11 is 0. The SMILES string of the molecule is C[C@]12CC[C@@H]3c4ccc(OS(=O)(=O)[O-])cc4CC[C@H]3[C@@H]1CCC2=O.C[C@]12CC[C@H]3C(=CCc4cc(OS(=O)(=O)[O-])ccc43)[C@@H]1CCC2=O.Cc1c(-c2ccc(O)cc2)n(Cc2ccc(OCCN3CCCCCC3)cc2)c2ccc(O)cc12.[Na+].[Na+]. The number of fused-ring (bicyclic) bond motifs is 11. The van der Waals surface area contributed by atoms with Crippen LogP contribution in [0.4, 0.5) is 0 Å². The Hall–Kier alpha value is -4.50. The third-order valence-electron chi connectivity index (χ3n) is 19.8. The van der Waals surface area contributed by atoms with E-state index in [1.54, 1.807) is 42.5 Å². The first-order valence-corrected chi connectivity index (χ1v) is 32.2. The number of hydrogen-bond acceptors (Lipinski definition) is 14. The number of benzene rings is 5. The fraction of sp³-hybridized carbons (Fsp3) is 0.455. The van der Waals surface area contributed by atoms with Crippen molar-refractivity contribution in [1.29, 1.82) is 0 Å². The number of nitrogens with zero attached hydrogens (tertiary/aromatic N) is 2. The minimum absolute atomic E-state index is 0. The summed E-state index contributed by atoms with van der Waals surface area (Å²) in [6.07, 6.45) is 17.1. The Labute approximate surface area is 544 Å². The molecule has 15 nitrogen and oxygen atoms in total. The third kappa shape index (κ3) is 14.2. The molecular formula is C66H74N2Na2O13S2. The predicted octanol–water partition coefficient (Wildman–Crippen LogP) is 6.16. The molecular weight excluding hydrogens is 1140 g/mol. The maximum Gasteiger partial charge on any atom is 1.00 e. The normalized spacial score (nSPS) is 25.0. The maximum atomic E-state index is 12.3. The molecule has 7 aliphatic rings. The number of phenols is 2. The average molecular weight is 1210 g/mol. The van der Waals surface area contributed by atoms with Gasteiger partial charge in [-0.3, -0.25) is 14.5 Å². The molecule has 1 aliphatic heterocycles. The molecule has 6 aromatic rings. The molecule has 85 heavy (non-hydrogen) atoms. The molecule has 13 rings (SSSR count). The van der Waals surface area contributed by atoms with Gasteiger partial charge in [-0.05, 0) is 232 Å². The number of carbonyl (C=O) groups excluding carboxylic acids is 2. The molecule has 440 valence electrons. The fourth-order valence-corrected chi connectivity index (χ4v) is 16.3. The Kier molecular flexibility index (Phi) is 20.4. The molecule has 1 saturated heterocycles. The van der Waals surface area contributed by atoms with Crippen LogP contribution in [-0.2, 0) is 49.8 Å². The van der Waals surface area contributed by atoms with E-state index in [0.29, 0.717) is 61.0 Å². The van der Waals surface area contributed by atoms with Gasteiger partial charge in [-0.1, -0.05) is 62.6 Å². The van der Waals surface area contributed by atoms with E-state index in [9.17, 15) is 45.7 Å². The topological polar surface area (TPSA) is 225 Å². The summed E-state index contributed by atoms with van der Waals surface area (Å²) in [7, 11) is -9.50. The summed E-state index contributed by atoms with van der Waals surface area (Å²) in [5.74, 6) is 4.43. The van der Waals surface area contributed by atoms with E-state index < -0.39 is 20.8 Å². The fourth-order valence-electron chi connectivity index (χ4n) is 15.6. The largest absolute Gasteiger partial charge is 1.00 e. The Balaban J connectivity index is 0.000000155. The molecule has 19 heteroatoms. The monoisotopic (exact) mass is 1210 g/mol. The number of aromatic hydroxyl groups is 2. The number of ether oxygens (including phenoxy) is 1.